The summed E-state index contributed by atoms with van der Waals surface area (Å²) in [5.41, 5.74) is 6.14. The van der Waals surface area contributed by atoms with Crippen LogP contribution in [0.15, 0.2) is 49.8 Å². The van der Waals surface area contributed by atoms with Crippen molar-refractivity contribution < 1.29 is 14.3 Å². The Hall–Kier alpha value is -3.72. The Kier molecular flexibility index (Phi) is 8.26. The van der Waals surface area contributed by atoms with Gasteiger partial charge in [-0.3, -0.25) is 9.36 Å². The number of esters is 1. The number of allylic oxidation sites excluding steroid dienone is 1. The van der Waals surface area contributed by atoms with E-state index < -0.39 is 12.0 Å². The summed E-state index contributed by atoms with van der Waals surface area (Å²) in [5.74, 6) is 0.136. The molecule has 0 fully saturated rings. The molecule has 4 aromatic rings. The number of thiazole rings is 1. The maximum Gasteiger partial charge on any atom is 0.338 e. The summed E-state index contributed by atoms with van der Waals surface area (Å²) in [6.45, 7) is 7.79. The summed E-state index contributed by atoms with van der Waals surface area (Å²) in [5, 5.41) is 11.0. The van der Waals surface area contributed by atoms with Crippen molar-refractivity contribution in [3.63, 3.8) is 0 Å². The van der Waals surface area contributed by atoms with E-state index in [-0.39, 0.29) is 12.2 Å². The third-order valence-electron chi connectivity index (χ3n) is 8.23. The quantitative estimate of drug-likeness (QED) is 0.239. The number of ether oxygens (including phenoxy) is 2. The number of nitriles is 1. The first-order valence-electron chi connectivity index (χ1n) is 14.5. The van der Waals surface area contributed by atoms with Crippen LogP contribution in [0.2, 0.25) is 0 Å². The first-order chi connectivity index (χ1) is 21.2. The molecule has 0 bridgehead atoms. The van der Waals surface area contributed by atoms with Crippen LogP contribution >= 0.6 is 38.6 Å². The molecule has 1 aliphatic heterocycles. The molecule has 1 atom stereocenters. The molecule has 1 aromatic carbocycles. The number of aromatic nitrogens is 2. The molecule has 1 aliphatic carbocycles. The van der Waals surface area contributed by atoms with Gasteiger partial charge in [-0.15, -0.1) is 11.3 Å². The second-order valence-electron chi connectivity index (χ2n) is 10.9. The highest BCUT2D eigenvalue weighted by atomic mass is 79.9. The van der Waals surface area contributed by atoms with Gasteiger partial charge in [-0.25, -0.2) is 9.79 Å². The van der Waals surface area contributed by atoms with Crippen molar-refractivity contribution >= 4 is 50.6 Å². The highest BCUT2D eigenvalue weighted by Crippen LogP contribution is 2.39. The highest BCUT2D eigenvalue weighted by molar-refractivity contribution is 9.10. The number of hydrogen-bond acceptors (Lipinski definition) is 8. The van der Waals surface area contributed by atoms with E-state index in [1.807, 2.05) is 32.1 Å². The Morgan fingerprint density at radius 2 is 1.98 bits per heavy atom. The molecule has 2 aliphatic rings. The summed E-state index contributed by atoms with van der Waals surface area (Å²) in [6.07, 6.45) is 6.12. The van der Waals surface area contributed by atoms with Gasteiger partial charge in [0.2, 0.25) is 0 Å². The van der Waals surface area contributed by atoms with E-state index in [1.165, 1.54) is 21.8 Å². The third kappa shape index (κ3) is 4.99. The van der Waals surface area contributed by atoms with E-state index in [9.17, 15) is 14.9 Å². The topological polar surface area (TPSA) is 98.6 Å². The summed E-state index contributed by atoms with van der Waals surface area (Å²) in [6, 6.07) is 9.33. The Morgan fingerprint density at radius 1 is 1.20 bits per heavy atom. The minimum Gasteiger partial charge on any atom is -0.496 e. The van der Waals surface area contributed by atoms with E-state index in [0.29, 0.717) is 30.8 Å². The van der Waals surface area contributed by atoms with Crippen LogP contribution in [0.25, 0.3) is 11.1 Å². The van der Waals surface area contributed by atoms with Gasteiger partial charge in [-0.1, -0.05) is 17.4 Å². The molecule has 0 saturated carbocycles. The van der Waals surface area contributed by atoms with Gasteiger partial charge in [0.05, 0.1) is 45.6 Å². The van der Waals surface area contributed by atoms with Gasteiger partial charge in [0.1, 0.15) is 16.8 Å². The summed E-state index contributed by atoms with van der Waals surface area (Å²) in [4.78, 5) is 33.9. The Labute approximate surface area is 271 Å². The molecule has 0 radical (unpaired) electrons. The molecule has 0 amide bonds. The predicted octanol–water partition coefficient (Wildman–Crippen LogP) is 5.79. The van der Waals surface area contributed by atoms with Crippen LogP contribution < -0.4 is 19.6 Å². The standard InChI is InChI=1S/C33H31BrN4O4S2/c1-6-42-32(40)28-18(3)36-33-38(29(28)20-11-12-25(41-5)24(34)14-20)30(39)27(44-33)15-21-13-17(2)37(19(21)4)31-23(16-35)22-9-7-8-10-26(22)43-31/h11-15,29H,6-10H2,1-5H3/b27-15+/t29-/m0/s1. The van der Waals surface area contributed by atoms with Crippen molar-refractivity contribution in [3.8, 4) is 16.8 Å². The monoisotopic (exact) mass is 690 g/mol. The van der Waals surface area contributed by atoms with Gasteiger partial charge in [0, 0.05) is 16.3 Å². The van der Waals surface area contributed by atoms with Crippen molar-refractivity contribution in [2.45, 2.75) is 59.4 Å². The average molecular weight is 692 g/mol. The maximum absolute atomic E-state index is 14.2. The summed E-state index contributed by atoms with van der Waals surface area (Å²) < 4.78 is 15.8. The molecule has 3 aromatic heterocycles. The van der Waals surface area contributed by atoms with E-state index in [2.05, 4.69) is 32.6 Å². The van der Waals surface area contributed by atoms with Gasteiger partial charge < -0.3 is 14.0 Å². The number of rotatable bonds is 6. The number of carbonyl (C=O) groups is 1. The summed E-state index contributed by atoms with van der Waals surface area (Å²) in [7, 11) is 1.59. The van der Waals surface area contributed by atoms with Crippen molar-refractivity contribution in [1.29, 1.82) is 5.26 Å². The molecule has 11 heteroatoms. The molecule has 0 unspecified atom stereocenters. The van der Waals surface area contributed by atoms with Crippen LogP contribution in [0.1, 0.15) is 71.2 Å². The van der Waals surface area contributed by atoms with E-state index in [0.717, 1.165) is 58.8 Å². The maximum atomic E-state index is 14.2. The number of benzene rings is 1. The van der Waals surface area contributed by atoms with Crippen LogP contribution in [0.4, 0.5) is 0 Å². The van der Waals surface area contributed by atoms with Gasteiger partial charge >= 0.3 is 5.97 Å². The highest BCUT2D eigenvalue weighted by Gasteiger charge is 2.34. The van der Waals surface area contributed by atoms with Gasteiger partial charge in [0.15, 0.2) is 4.80 Å². The van der Waals surface area contributed by atoms with Crippen LogP contribution in [-0.4, -0.2) is 28.8 Å². The Bertz CT molecular complexity index is 2090. The molecular formula is C33H31BrN4O4S2. The lowest BCUT2D eigenvalue weighted by molar-refractivity contribution is -0.139. The van der Waals surface area contributed by atoms with Crippen molar-refractivity contribution in [2.75, 3.05) is 13.7 Å². The third-order valence-corrected chi connectivity index (χ3v) is 11.1. The molecule has 8 nitrogen and oxygen atoms in total. The number of fused-ring (bicyclic) bond motifs is 2. The minimum atomic E-state index is -0.724. The zero-order chi connectivity index (χ0) is 31.3. The Morgan fingerprint density at radius 3 is 2.68 bits per heavy atom. The lowest BCUT2D eigenvalue weighted by Gasteiger charge is -2.25. The van der Waals surface area contributed by atoms with E-state index >= 15 is 0 Å². The lowest BCUT2D eigenvalue weighted by Crippen LogP contribution is -2.40. The largest absolute Gasteiger partial charge is 0.496 e. The van der Waals surface area contributed by atoms with Crippen molar-refractivity contribution in [2.24, 2.45) is 4.99 Å². The van der Waals surface area contributed by atoms with Gasteiger partial charge in [-0.2, -0.15) is 5.26 Å². The minimum absolute atomic E-state index is 0.204. The number of hydrogen-bond donors (Lipinski definition) is 0. The molecule has 4 heterocycles. The first-order valence-corrected chi connectivity index (χ1v) is 16.9. The molecule has 226 valence electrons. The van der Waals surface area contributed by atoms with Gasteiger partial charge in [-0.05, 0) is 110 Å². The fraction of sp³-hybridized carbons (Fsp3) is 0.333. The summed E-state index contributed by atoms with van der Waals surface area (Å²) >= 11 is 6.56. The molecule has 6 rings (SSSR count). The first kappa shape index (κ1) is 30.3. The lowest BCUT2D eigenvalue weighted by atomic mass is 9.96. The number of thiophene rings is 1. The van der Waals surface area contributed by atoms with Gasteiger partial charge in [0.25, 0.3) is 5.56 Å². The molecule has 0 spiro atoms. The molecule has 0 saturated heterocycles. The number of halogens is 1. The average Bonchev–Trinajstić information content (AvgIpc) is 3.61. The second-order valence-corrected chi connectivity index (χ2v) is 13.8. The smallest absolute Gasteiger partial charge is 0.338 e. The van der Waals surface area contributed by atoms with Crippen LogP contribution in [0, 0.1) is 25.2 Å². The second kappa shape index (κ2) is 12.0. The fourth-order valence-corrected chi connectivity index (χ4v) is 9.22. The van der Waals surface area contributed by atoms with Crippen molar-refractivity contribution in [3.05, 3.63) is 98.2 Å². The van der Waals surface area contributed by atoms with Crippen LogP contribution in [0.3, 0.4) is 0 Å². The number of carbonyl (C=O) groups excluding carboxylic acids is 1. The number of methoxy groups -OCH3 is 1. The Balaban J connectivity index is 1.51. The zero-order valence-corrected chi connectivity index (χ0v) is 28.3. The number of nitrogens with zero attached hydrogens (tertiary/aromatic N) is 4. The molecular weight excluding hydrogens is 660 g/mol. The zero-order valence-electron chi connectivity index (χ0n) is 25.1. The SMILES string of the molecule is CCOC(=O)C1=C(C)N=c2s/c(=C/c3cc(C)n(-c4sc5c(c4C#N)CCCC5)c3C)c(=O)n2[C@H]1c1ccc(OC)c(Br)c1. The van der Waals surface area contributed by atoms with E-state index in [4.69, 9.17) is 14.5 Å². The normalized spacial score (nSPS) is 16.3. The molecule has 44 heavy (non-hydrogen) atoms. The van der Waals surface area contributed by atoms with Crippen molar-refractivity contribution in [1.82, 2.24) is 9.13 Å². The molecule has 0 N–H and O–H groups in total. The fourth-order valence-electron chi connectivity index (χ4n) is 6.17. The number of aryl methyl sites for hydroxylation is 2. The van der Waals surface area contributed by atoms with E-state index in [1.54, 1.807) is 42.9 Å². The predicted molar refractivity (Wildman–Crippen MR) is 176 cm³/mol. The van der Waals surface area contributed by atoms with Crippen LogP contribution in [0.5, 0.6) is 5.75 Å². The van der Waals surface area contributed by atoms with Crippen LogP contribution in [-0.2, 0) is 22.4 Å².